The van der Waals surface area contributed by atoms with Crippen LogP contribution in [0.4, 0.5) is 5.69 Å². The molecule has 0 aromatic heterocycles. The fourth-order valence-corrected chi connectivity index (χ4v) is 5.00. The van der Waals surface area contributed by atoms with Gasteiger partial charge >= 0.3 is 0 Å². The first kappa shape index (κ1) is 22.3. The van der Waals surface area contributed by atoms with Crippen LogP contribution in [0, 0.1) is 0 Å². The maximum Gasteiger partial charge on any atom is 0.259 e. The molecule has 166 valence electrons. The number of benzene rings is 3. The molecule has 0 saturated heterocycles. The van der Waals surface area contributed by atoms with Crippen LogP contribution in [-0.2, 0) is 11.2 Å². The number of carbonyl (C=O) groups excluding carboxylic acids is 2. The van der Waals surface area contributed by atoms with Crippen molar-refractivity contribution in [1.29, 1.82) is 0 Å². The molecule has 0 atom stereocenters. The zero-order valence-electron chi connectivity index (χ0n) is 18.1. The van der Waals surface area contributed by atoms with Gasteiger partial charge in [0, 0.05) is 11.7 Å². The van der Waals surface area contributed by atoms with Crippen LogP contribution in [0.2, 0.25) is 0 Å². The average molecular weight is 495 g/mol. The van der Waals surface area contributed by atoms with Crippen LogP contribution in [0.5, 0.6) is 5.75 Å². The summed E-state index contributed by atoms with van der Waals surface area (Å²) in [6.07, 6.45) is 6.14. The summed E-state index contributed by atoms with van der Waals surface area (Å²) in [4.78, 5) is 25.3. The van der Waals surface area contributed by atoms with Gasteiger partial charge in [0.15, 0.2) is 0 Å². The predicted molar refractivity (Wildman–Crippen MR) is 131 cm³/mol. The van der Waals surface area contributed by atoms with Crippen LogP contribution in [-0.4, -0.2) is 25.0 Å². The van der Waals surface area contributed by atoms with Crippen molar-refractivity contribution in [2.75, 3.05) is 12.4 Å². The van der Waals surface area contributed by atoms with E-state index < -0.39 is 0 Å². The van der Waals surface area contributed by atoms with E-state index in [9.17, 15) is 9.59 Å². The van der Waals surface area contributed by atoms with Gasteiger partial charge in [-0.2, -0.15) is 0 Å². The van der Waals surface area contributed by atoms with Gasteiger partial charge in [-0.1, -0.05) is 55.7 Å². The molecular weight excluding hydrogens is 468 g/mol. The lowest BCUT2D eigenvalue weighted by atomic mass is 9.95. The van der Waals surface area contributed by atoms with Crippen molar-refractivity contribution in [1.82, 2.24) is 5.32 Å². The molecule has 0 spiro atoms. The first-order valence-electron chi connectivity index (χ1n) is 11.0. The van der Waals surface area contributed by atoms with Crippen molar-refractivity contribution >= 4 is 44.2 Å². The number of anilines is 1. The van der Waals surface area contributed by atoms with E-state index in [0.717, 1.165) is 33.7 Å². The van der Waals surface area contributed by atoms with E-state index in [1.165, 1.54) is 19.3 Å². The van der Waals surface area contributed by atoms with Gasteiger partial charge in [-0.25, -0.2) is 0 Å². The van der Waals surface area contributed by atoms with Gasteiger partial charge in [0.2, 0.25) is 5.91 Å². The summed E-state index contributed by atoms with van der Waals surface area (Å²) >= 11 is 3.57. The lowest BCUT2D eigenvalue weighted by molar-refractivity contribution is -0.121. The summed E-state index contributed by atoms with van der Waals surface area (Å²) in [6.45, 7) is 0. The zero-order valence-corrected chi connectivity index (χ0v) is 19.7. The van der Waals surface area contributed by atoms with Gasteiger partial charge in [-0.15, -0.1) is 0 Å². The second kappa shape index (κ2) is 10.2. The highest BCUT2D eigenvalue weighted by atomic mass is 79.9. The maximum absolute atomic E-state index is 13.0. The maximum atomic E-state index is 13.0. The number of nitrogens with one attached hydrogen (secondary N) is 2. The number of hydrogen-bond acceptors (Lipinski definition) is 3. The van der Waals surface area contributed by atoms with E-state index in [1.54, 1.807) is 7.11 Å². The molecule has 1 saturated carbocycles. The van der Waals surface area contributed by atoms with Crippen molar-refractivity contribution in [3.63, 3.8) is 0 Å². The van der Waals surface area contributed by atoms with Crippen LogP contribution in [0.3, 0.4) is 0 Å². The Hall–Kier alpha value is -2.86. The molecule has 0 heterocycles. The summed E-state index contributed by atoms with van der Waals surface area (Å²) in [5.74, 6) is 0.299. The minimum absolute atomic E-state index is 0.0550. The molecule has 0 bridgehead atoms. The number of rotatable bonds is 6. The Balaban J connectivity index is 1.43. The number of halogens is 1. The van der Waals surface area contributed by atoms with E-state index >= 15 is 0 Å². The summed E-state index contributed by atoms with van der Waals surface area (Å²) in [7, 11) is 1.55. The molecule has 5 nitrogen and oxygen atoms in total. The second-order valence-electron chi connectivity index (χ2n) is 8.22. The number of amides is 2. The molecule has 2 N–H and O–H groups in total. The molecule has 0 radical (unpaired) electrons. The highest BCUT2D eigenvalue weighted by molar-refractivity contribution is 9.10. The van der Waals surface area contributed by atoms with Gasteiger partial charge in [-0.05, 0) is 63.3 Å². The third-order valence-corrected chi connectivity index (χ3v) is 6.72. The predicted octanol–water partition coefficient (Wildman–Crippen LogP) is 5.85. The first-order chi connectivity index (χ1) is 15.5. The normalized spacial score (nSPS) is 14.2. The molecule has 4 rings (SSSR count). The summed E-state index contributed by atoms with van der Waals surface area (Å²) in [6, 6.07) is 17.4. The minimum atomic E-state index is -0.254. The van der Waals surface area contributed by atoms with Crippen LogP contribution in [0.1, 0.15) is 48.0 Å². The fourth-order valence-electron chi connectivity index (χ4n) is 4.27. The smallest absolute Gasteiger partial charge is 0.259 e. The number of ether oxygens (including phenoxy) is 1. The Kier molecular flexibility index (Phi) is 7.10. The quantitative estimate of drug-likeness (QED) is 0.451. The van der Waals surface area contributed by atoms with E-state index in [0.29, 0.717) is 29.5 Å². The van der Waals surface area contributed by atoms with Crippen LogP contribution in [0.15, 0.2) is 59.1 Å². The molecular formula is C26H27BrN2O3. The third kappa shape index (κ3) is 5.13. The van der Waals surface area contributed by atoms with Crippen molar-refractivity contribution in [2.45, 2.75) is 44.6 Å². The van der Waals surface area contributed by atoms with Crippen molar-refractivity contribution < 1.29 is 14.3 Å². The number of hydrogen-bond donors (Lipinski definition) is 2. The Morgan fingerprint density at radius 3 is 2.47 bits per heavy atom. The third-order valence-electron chi connectivity index (χ3n) is 5.94. The largest absolute Gasteiger partial charge is 0.495 e. The molecule has 6 heteroatoms. The highest BCUT2D eigenvalue weighted by Gasteiger charge is 2.19. The lowest BCUT2D eigenvalue weighted by Gasteiger charge is -2.22. The second-order valence-corrected chi connectivity index (χ2v) is 9.02. The molecule has 2 amide bonds. The molecule has 1 aliphatic carbocycles. The summed E-state index contributed by atoms with van der Waals surface area (Å²) in [5.41, 5.74) is 2.04. The van der Waals surface area contributed by atoms with Crippen LogP contribution < -0.4 is 15.4 Å². The Labute approximate surface area is 196 Å². The summed E-state index contributed by atoms with van der Waals surface area (Å²) in [5, 5.41) is 8.00. The minimum Gasteiger partial charge on any atom is -0.495 e. The van der Waals surface area contributed by atoms with Gasteiger partial charge < -0.3 is 15.4 Å². The highest BCUT2D eigenvalue weighted by Crippen LogP contribution is 2.37. The molecule has 3 aromatic rings. The van der Waals surface area contributed by atoms with Crippen LogP contribution in [0.25, 0.3) is 10.8 Å². The van der Waals surface area contributed by atoms with E-state index in [1.807, 2.05) is 54.6 Å². The lowest BCUT2D eigenvalue weighted by Crippen LogP contribution is -2.37. The van der Waals surface area contributed by atoms with E-state index in [-0.39, 0.29) is 11.8 Å². The molecule has 3 aromatic carbocycles. The first-order valence-corrected chi connectivity index (χ1v) is 11.8. The van der Waals surface area contributed by atoms with Gasteiger partial charge in [0.25, 0.3) is 5.91 Å². The van der Waals surface area contributed by atoms with Crippen molar-refractivity contribution in [2.24, 2.45) is 0 Å². The Morgan fingerprint density at radius 2 is 1.75 bits per heavy atom. The molecule has 1 aliphatic rings. The van der Waals surface area contributed by atoms with E-state index in [4.69, 9.17) is 4.74 Å². The molecule has 1 fully saturated rings. The number of methoxy groups -OCH3 is 1. The summed E-state index contributed by atoms with van der Waals surface area (Å²) < 4.78 is 6.27. The molecule has 0 aliphatic heterocycles. The SMILES string of the molecule is COc1c(C(=O)Nc2ccc(CC(=O)NC3CCCCC3)cc2)cc2ccccc2c1Br. The Bertz CT molecular complexity index is 1120. The van der Waals surface area contributed by atoms with Crippen molar-refractivity contribution in [3.05, 3.63) is 70.2 Å². The standard InChI is InChI=1S/C26H27BrN2O3/c1-32-25-22(16-18-7-5-6-10-21(18)24(25)27)26(31)29-20-13-11-17(12-14-20)15-23(30)28-19-8-3-2-4-9-19/h5-7,10-14,16,19H,2-4,8-9,15H2,1H3,(H,28,30)(H,29,31). The van der Waals surface area contributed by atoms with Crippen molar-refractivity contribution in [3.8, 4) is 5.75 Å². The molecule has 0 unspecified atom stereocenters. The van der Waals surface area contributed by atoms with Gasteiger partial charge in [-0.3, -0.25) is 9.59 Å². The van der Waals surface area contributed by atoms with Gasteiger partial charge in [0.05, 0.1) is 23.6 Å². The zero-order chi connectivity index (χ0) is 22.5. The van der Waals surface area contributed by atoms with E-state index in [2.05, 4.69) is 26.6 Å². The molecule has 32 heavy (non-hydrogen) atoms. The fraction of sp³-hybridized carbons (Fsp3) is 0.308. The number of carbonyl (C=O) groups is 2. The van der Waals surface area contributed by atoms with Crippen LogP contribution >= 0.6 is 15.9 Å². The number of fused-ring (bicyclic) bond motifs is 1. The Morgan fingerprint density at radius 1 is 1.03 bits per heavy atom. The monoisotopic (exact) mass is 494 g/mol. The topological polar surface area (TPSA) is 67.4 Å². The average Bonchev–Trinajstić information content (AvgIpc) is 2.81. The van der Waals surface area contributed by atoms with Gasteiger partial charge in [0.1, 0.15) is 5.75 Å².